The van der Waals surface area contributed by atoms with Crippen LogP contribution in [-0.4, -0.2) is 35.5 Å². The molecule has 0 aromatic heterocycles. The van der Waals surface area contributed by atoms with Gasteiger partial charge >= 0.3 is 12.1 Å². The lowest BCUT2D eigenvalue weighted by Gasteiger charge is -2.37. The summed E-state index contributed by atoms with van der Waals surface area (Å²) in [6, 6.07) is 2.74. The van der Waals surface area contributed by atoms with E-state index in [0.717, 1.165) is 11.3 Å². The van der Waals surface area contributed by atoms with Crippen molar-refractivity contribution in [1.29, 1.82) is 0 Å². The molecular weight excluding hydrogens is 501 g/mol. The third-order valence-electron chi connectivity index (χ3n) is 7.13. The van der Waals surface area contributed by atoms with Gasteiger partial charge in [0.2, 0.25) is 11.8 Å². The Morgan fingerprint density at radius 1 is 1.16 bits per heavy atom. The number of hydrogen-bond donors (Lipinski definition) is 0. The molecule has 6 rings (SSSR count). The summed E-state index contributed by atoms with van der Waals surface area (Å²) < 4.78 is 40.7. The Morgan fingerprint density at radius 3 is 2.23 bits per heavy atom. The van der Waals surface area contributed by atoms with E-state index < -0.39 is 42.4 Å². The molecule has 5 nitrogen and oxygen atoms in total. The van der Waals surface area contributed by atoms with Gasteiger partial charge in [-0.05, 0) is 70.6 Å². The molecule has 3 amide bonds. The Morgan fingerprint density at radius 2 is 1.71 bits per heavy atom. The number of nitrogens with zero attached hydrogens (tertiary/aromatic N) is 2. The van der Waals surface area contributed by atoms with Crippen LogP contribution in [0.25, 0.3) is 0 Å². The number of alkyl halides is 3. The molecular formula is C21H17BrClF3N2O3. The van der Waals surface area contributed by atoms with Crippen LogP contribution in [0.4, 0.5) is 18.9 Å². The number of allylic oxidation sites excluding steroid dienone is 2. The van der Waals surface area contributed by atoms with Crippen molar-refractivity contribution in [3.05, 3.63) is 39.3 Å². The fourth-order valence-corrected chi connectivity index (χ4v) is 6.23. The third kappa shape index (κ3) is 2.99. The van der Waals surface area contributed by atoms with E-state index in [2.05, 4.69) is 15.9 Å². The number of benzene rings is 1. The summed E-state index contributed by atoms with van der Waals surface area (Å²) in [7, 11) is 0. The first-order chi connectivity index (χ1) is 14.5. The molecule has 1 saturated heterocycles. The average Bonchev–Trinajstić information content (AvgIpc) is 3.50. The summed E-state index contributed by atoms with van der Waals surface area (Å²) in [6.07, 6.45) is -0.254. The molecule has 3 fully saturated rings. The molecule has 2 bridgehead atoms. The smallest absolute Gasteiger partial charge is 0.285 e. The van der Waals surface area contributed by atoms with Crippen LogP contribution in [0.3, 0.4) is 0 Å². The van der Waals surface area contributed by atoms with Gasteiger partial charge in [-0.3, -0.25) is 24.2 Å². The standard InChI is InChI=1S/C21H17BrClF3N2O3/c1-8-14(5-4-13(22)17(8)23)27(20(31)21(24,25)26)7-28-18(29)15-9-2-3-10(12-6-11(9)12)16(15)19(28)30/h2-5,9-12,15-16H,6-7H2,1H3. The second kappa shape index (κ2) is 6.81. The molecule has 5 aliphatic rings. The van der Waals surface area contributed by atoms with Crippen molar-refractivity contribution in [1.82, 2.24) is 4.90 Å². The Bertz CT molecular complexity index is 1020. The van der Waals surface area contributed by atoms with Crippen molar-refractivity contribution in [3.63, 3.8) is 0 Å². The van der Waals surface area contributed by atoms with E-state index >= 15 is 0 Å². The molecule has 2 saturated carbocycles. The van der Waals surface area contributed by atoms with Gasteiger partial charge in [0.25, 0.3) is 0 Å². The Balaban J connectivity index is 1.51. The van der Waals surface area contributed by atoms with Crippen molar-refractivity contribution >= 4 is 50.9 Å². The highest BCUT2D eigenvalue weighted by Crippen LogP contribution is 2.65. The normalized spacial score (nSPS) is 32.9. The fraction of sp³-hybridized carbons (Fsp3) is 0.476. The van der Waals surface area contributed by atoms with E-state index in [1.54, 1.807) is 0 Å². The lowest BCUT2D eigenvalue weighted by molar-refractivity contribution is -0.171. The molecule has 0 N–H and O–H groups in total. The summed E-state index contributed by atoms with van der Waals surface area (Å²) in [5.41, 5.74) is 0.128. The van der Waals surface area contributed by atoms with Crippen LogP contribution >= 0.6 is 27.5 Å². The van der Waals surface area contributed by atoms with Crippen LogP contribution in [0, 0.1) is 42.4 Å². The lowest BCUT2D eigenvalue weighted by atomic mass is 9.63. The summed E-state index contributed by atoms with van der Waals surface area (Å²) >= 11 is 9.37. The maximum Gasteiger partial charge on any atom is 0.471 e. The molecule has 0 radical (unpaired) electrons. The quantitative estimate of drug-likeness (QED) is 0.443. The van der Waals surface area contributed by atoms with E-state index in [-0.39, 0.29) is 28.1 Å². The molecule has 4 aliphatic carbocycles. The maximum absolute atomic E-state index is 13.4. The van der Waals surface area contributed by atoms with Crippen LogP contribution < -0.4 is 4.90 Å². The molecule has 6 unspecified atom stereocenters. The number of likely N-dealkylation sites (tertiary alicyclic amines) is 1. The van der Waals surface area contributed by atoms with Crippen LogP contribution in [0.2, 0.25) is 5.02 Å². The highest BCUT2D eigenvalue weighted by Gasteiger charge is 2.67. The van der Waals surface area contributed by atoms with Crippen molar-refractivity contribution in [2.75, 3.05) is 11.6 Å². The van der Waals surface area contributed by atoms with Crippen LogP contribution in [0.5, 0.6) is 0 Å². The Labute approximate surface area is 189 Å². The average molecular weight is 518 g/mol. The van der Waals surface area contributed by atoms with Crippen LogP contribution in [-0.2, 0) is 14.4 Å². The largest absolute Gasteiger partial charge is 0.471 e. The van der Waals surface area contributed by atoms with Crippen molar-refractivity contribution in [3.8, 4) is 0 Å². The van der Waals surface area contributed by atoms with E-state index in [9.17, 15) is 27.6 Å². The summed E-state index contributed by atoms with van der Waals surface area (Å²) in [4.78, 5) is 39.9. The second-order valence-corrected chi connectivity index (χ2v) is 9.87. The number of hydrogen-bond acceptors (Lipinski definition) is 3. The fourth-order valence-electron chi connectivity index (χ4n) is 5.64. The van der Waals surface area contributed by atoms with Gasteiger partial charge in [-0.15, -0.1) is 0 Å². The zero-order valence-electron chi connectivity index (χ0n) is 16.2. The van der Waals surface area contributed by atoms with E-state index in [0.29, 0.717) is 21.2 Å². The lowest BCUT2D eigenvalue weighted by Crippen LogP contribution is -2.49. The van der Waals surface area contributed by atoms with E-state index in [1.165, 1.54) is 19.1 Å². The minimum atomic E-state index is -5.19. The van der Waals surface area contributed by atoms with Crippen molar-refractivity contribution < 1.29 is 27.6 Å². The van der Waals surface area contributed by atoms with Gasteiger partial charge in [0.05, 0.1) is 22.5 Å². The number of carbonyl (C=O) groups is 3. The van der Waals surface area contributed by atoms with Gasteiger partial charge in [-0.25, -0.2) is 0 Å². The monoisotopic (exact) mass is 516 g/mol. The predicted molar refractivity (Wildman–Crippen MR) is 109 cm³/mol. The topological polar surface area (TPSA) is 57.7 Å². The molecule has 1 aromatic rings. The highest BCUT2D eigenvalue weighted by molar-refractivity contribution is 9.10. The zero-order chi connectivity index (χ0) is 22.4. The number of halogens is 5. The molecule has 0 spiro atoms. The molecule has 1 aromatic carbocycles. The minimum absolute atomic E-state index is 0.0583. The number of rotatable bonds is 3. The van der Waals surface area contributed by atoms with E-state index in [4.69, 9.17) is 11.6 Å². The van der Waals surface area contributed by atoms with Crippen LogP contribution in [0.15, 0.2) is 28.8 Å². The van der Waals surface area contributed by atoms with E-state index in [1.807, 2.05) is 12.2 Å². The Kier molecular flexibility index (Phi) is 4.61. The van der Waals surface area contributed by atoms with Gasteiger partial charge in [-0.1, -0.05) is 23.8 Å². The number of amides is 3. The van der Waals surface area contributed by atoms with Gasteiger partial charge < -0.3 is 0 Å². The first-order valence-electron chi connectivity index (χ1n) is 9.89. The summed E-state index contributed by atoms with van der Waals surface area (Å²) in [5.74, 6) is -3.64. The van der Waals surface area contributed by atoms with Gasteiger partial charge in [0, 0.05) is 4.47 Å². The molecule has 31 heavy (non-hydrogen) atoms. The highest BCUT2D eigenvalue weighted by atomic mass is 79.9. The molecule has 1 heterocycles. The summed E-state index contributed by atoms with van der Waals surface area (Å²) in [5, 5.41) is 0.146. The molecule has 164 valence electrons. The minimum Gasteiger partial charge on any atom is -0.285 e. The van der Waals surface area contributed by atoms with Crippen molar-refractivity contribution in [2.24, 2.45) is 35.5 Å². The van der Waals surface area contributed by atoms with Crippen molar-refractivity contribution in [2.45, 2.75) is 19.5 Å². The zero-order valence-corrected chi connectivity index (χ0v) is 18.5. The van der Waals surface area contributed by atoms with Gasteiger partial charge in [0.15, 0.2) is 0 Å². The Hall–Kier alpha value is -1.87. The summed E-state index contributed by atoms with van der Waals surface area (Å²) in [6.45, 7) is 0.681. The molecule has 10 heteroatoms. The first kappa shape index (κ1) is 21.0. The number of anilines is 1. The number of carbonyl (C=O) groups excluding carboxylic acids is 3. The predicted octanol–water partition coefficient (Wildman–Crippen LogP) is 4.32. The molecule has 1 aliphatic heterocycles. The maximum atomic E-state index is 13.4. The first-order valence-corrected chi connectivity index (χ1v) is 11.1. The third-order valence-corrected chi connectivity index (χ3v) is 8.50. The second-order valence-electron chi connectivity index (χ2n) is 8.64. The van der Waals surface area contributed by atoms with Crippen LogP contribution in [0.1, 0.15) is 12.0 Å². The van der Waals surface area contributed by atoms with Gasteiger partial charge in [-0.2, -0.15) is 13.2 Å². The molecule has 6 atom stereocenters. The van der Waals surface area contributed by atoms with Gasteiger partial charge in [0.1, 0.15) is 6.67 Å². The number of imide groups is 1. The SMILES string of the molecule is Cc1c(N(CN2C(=O)C3C4C=CC(C5CC45)C3C2=O)C(=O)C(F)(F)F)ccc(Br)c1Cl.